The van der Waals surface area contributed by atoms with Crippen molar-refractivity contribution in [1.29, 1.82) is 0 Å². The highest BCUT2D eigenvalue weighted by Gasteiger charge is 2.25. The van der Waals surface area contributed by atoms with Gasteiger partial charge in [0.15, 0.2) is 5.82 Å². The second-order valence-electron chi connectivity index (χ2n) is 4.90. The third-order valence-corrected chi connectivity index (χ3v) is 3.07. The second-order valence-corrected chi connectivity index (χ2v) is 4.90. The molecule has 2 aromatic rings. The van der Waals surface area contributed by atoms with E-state index in [1.54, 1.807) is 19.1 Å². The summed E-state index contributed by atoms with van der Waals surface area (Å²) in [5.74, 6) is 1.01. The zero-order valence-corrected chi connectivity index (χ0v) is 11.0. The van der Waals surface area contributed by atoms with Gasteiger partial charge in [0.1, 0.15) is 12.3 Å². The van der Waals surface area contributed by atoms with Crippen LogP contribution in [0.15, 0.2) is 27.5 Å². The van der Waals surface area contributed by atoms with Crippen molar-refractivity contribution >= 4 is 11.7 Å². The number of rotatable bonds is 4. The van der Waals surface area contributed by atoms with E-state index in [9.17, 15) is 9.59 Å². The Bertz CT molecular complexity index is 700. The minimum atomic E-state index is -0.360. The summed E-state index contributed by atoms with van der Waals surface area (Å²) in [6.45, 7) is 1.60. The molecule has 0 atom stereocenters. The number of amides is 1. The van der Waals surface area contributed by atoms with Crippen LogP contribution in [-0.4, -0.2) is 20.8 Å². The highest BCUT2D eigenvalue weighted by molar-refractivity contribution is 5.89. The van der Waals surface area contributed by atoms with E-state index in [0.29, 0.717) is 17.5 Å². The fourth-order valence-electron chi connectivity index (χ4n) is 1.92. The van der Waals surface area contributed by atoms with Gasteiger partial charge in [0, 0.05) is 18.1 Å². The molecule has 0 spiro atoms. The normalized spacial score (nSPS) is 14.2. The Morgan fingerprint density at radius 1 is 1.50 bits per heavy atom. The summed E-state index contributed by atoms with van der Waals surface area (Å²) in [4.78, 5) is 23.5. The van der Waals surface area contributed by atoms with Gasteiger partial charge in [-0.3, -0.25) is 9.59 Å². The van der Waals surface area contributed by atoms with Gasteiger partial charge in [0.2, 0.25) is 5.91 Å². The summed E-state index contributed by atoms with van der Waals surface area (Å²) < 4.78 is 6.03. The van der Waals surface area contributed by atoms with Gasteiger partial charge in [-0.05, 0) is 25.8 Å². The lowest BCUT2D eigenvalue weighted by Crippen LogP contribution is -2.29. The van der Waals surface area contributed by atoms with Gasteiger partial charge >= 0.3 is 0 Å². The Labute approximate surface area is 114 Å². The van der Waals surface area contributed by atoms with E-state index in [1.807, 2.05) is 0 Å². The number of anilines is 1. The van der Waals surface area contributed by atoms with Crippen LogP contribution in [0.4, 0.5) is 5.82 Å². The van der Waals surface area contributed by atoms with Crippen molar-refractivity contribution in [1.82, 2.24) is 14.9 Å². The number of aromatic nitrogens is 3. The minimum absolute atomic E-state index is 0.134. The molecule has 7 heteroatoms. The van der Waals surface area contributed by atoms with Crippen LogP contribution in [0, 0.1) is 6.92 Å². The molecule has 1 amide bonds. The molecule has 2 heterocycles. The molecule has 0 radical (unpaired) electrons. The third kappa shape index (κ3) is 2.76. The van der Waals surface area contributed by atoms with Crippen molar-refractivity contribution in [3.05, 3.63) is 40.0 Å². The van der Waals surface area contributed by atoms with Gasteiger partial charge in [-0.1, -0.05) is 5.16 Å². The van der Waals surface area contributed by atoms with Crippen molar-refractivity contribution in [2.45, 2.75) is 32.2 Å². The quantitative estimate of drug-likeness (QED) is 0.900. The van der Waals surface area contributed by atoms with Crippen molar-refractivity contribution in [2.75, 3.05) is 5.32 Å². The molecular weight excluding hydrogens is 260 g/mol. The Balaban J connectivity index is 1.71. The highest BCUT2D eigenvalue weighted by Crippen LogP contribution is 2.38. The van der Waals surface area contributed by atoms with E-state index >= 15 is 0 Å². The molecular formula is C13H14N4O3. The molecule has 0 saturated heterocycles. The number of hydrogen-bond donors (Lipinski definition) is 1. The minimum Gasteiger partial charge on any atom is -0.360 e. The second kappa shape index (κ2) is 4.92. The number of hydrogen-bond acceptors (Lipinski definition) is 5. The Hall–Kier alpha value is -2.44. The summed E-state index contributed by atoms with van der Waals surface area (Å²) in [6, 6.07) is 4.79. The molecule has 1 aliphatic carbocycles. The molecule has 104 valence electrons. The standard InChI is InChI=1S/C13H14N4O3/c1-8-6-11(16-20-8)14-12(18)7-17-13(19)5-4-10(15-17)9-2-3-9/h4-6,9H,2-3,7H2,1H3,(H,14,16,18). The lowest BCUT2D eigenvalue weighted by atomic mass is 10.3. The number of aryl methyl sites for hydroxylation is 1. The third-order valence-electron chi connectivity index (χ3n) is 3.07. The van der Waals surface area contributed by atoms with E-state index in [1.165, 1.54) is 10.7 Å². The van der Waals surface area contributed by atoms with Gasteiger partial charge in [0.25, 0.3) is 5.56 Å². The van der Waals surface area contributed by atoms with Crippen LogP contribution >= 0.6 is 0 Å². The van der Waals surface area contributed by atoms with E-state index in [2.05, 4.69) is 15.6 Å². The monoisotopic (exact) mass is 274 g/mol. The van der Waals surface area contributed by atoms with Crippen LogP contribution in [0.25, 0.3) is 0 Å². The molecule has 7 nitrogen and oxygen atoms in total. The Kier molecular flexibility index (Phi) is 3.09. The maximum atomic E-state index is 11.8. The van der Waals surface area contributed by atoms with Crippen molar-refractivity contribution in [3.8, 4) is 0 Å². The predicted octanol–water partition coefficient (Wildman–Crippen LogP) is 1.06. The predicted molar refractivity (Wildman–Crippen MR) is 70.3 cm³/mol. The fourth-order valence-corrected chi connectivity index (χ4v) is 1.92. The summed E-state index contributed by atoms with van der Waals surface area (Å²) in [6.07, 6.45) is 2.19. The van der Waals surface area contributed by atoms with Crippen LogP contribution in [0.1, 0.15) is 30.2 Å². The van der Waals surface area contributed by atoms with Crippen molar-refractivity contribution in [3.63, 3.8) is 0 Å². The van der Waals surface area contributed by atoms with Crippen molar-refractivity contribution in [2.24, 2.45) is 0 Å². The van der Waals surface area contributed by atoms with Gasteiger partial charge in [-0.25, -0.2) is 4.68 Å². The van der Waals surface area contributed by atoms with E-state index in [4.69, 9.17) is 4.52 Å². The first-order valence-corrected chi connectivity index (χ1v) is 6.43. The first kappa shape index (κ1) is 12.6. The number of nitrogens with zero attached hydrogens (tertiary/aromatic N) is 3. The smallest absolute Gasteiger partial charge is 0.267 e. The zero-order valence-electron chi connectivity index (χ0n) is 11.0. The number of carbonyl (C=O) groups excluding carboxylic acids is 1. The summed E-state index contributed by atoms with van der Waals surface area (Å²) in [5.41, 5.74) is 0.579. The van der Waals surface area contributed by atoms with Crippen molar-refractivity contribution < 1.29 is 9.32 Å². The fraction of sp³-hybridized carbons (Fsp3) is 0.385. The molecule has 1 aliphatic rings. The number of nitrogens with one attached hydrogen (secondary N) is 1. The summed E-state index contributed by atoms with van der Waals surface area (Å²) in [5, 5.41) is 10.4. The maximum absolute atomic E-state index is 11.8. The first-order valence-electron chi connectivity index (χ1n) is 6.43. The van der Waals surface area contributed by atoms with Gasteiger partial charge in [-0.15, -0.1) is 0 Å². The molecule has 0 unspecified atom stereocenters. The van der Waals surface area contributed by atoms with Gasteiger partial charge in [-0.2, -0.15) is 5.10 Å². The molecule has 0 aliphatic heterocycles. The van der Waals surface area contributed by atoms with Crippen LogP contribution in [0.2, 0.25) is 0 Å². The summed E-state index contributed by atoms with van der Waals surface area (Å²) in [7, 11) is 0. The van der Waals surface area contributed by atoms with Crippen LogP contribution in [0.5, 0.6) is 0 Å². The molecule has 1 saturated carbocycles. The lowest BCUT2D eigenvalue weighted by Gasteiger charge is -2.05. The number of carbonyl (C=O) groups is 1. The van der Waals surface area contributed by atoms with Gasteiger partial charge < -0.3 is 9.84 Å². The Morgan fingerprint density at radius 2 is 2.30 bits per heavy atom. The van der Waals surface area contributed by atoms with Crippen LogP contribution < -0.4 is 10.9 Å². The van der Waals surface area contributed by atoms with E-state index in [-0.39, 0.29) is 18.0 Å². The van der Waals surface area contributed by atoms with E-state index in [0.717, 1.165) is 18.5 Å². The Morgan fingerprint density at radius 3 is 2.95 bits per heavy atom. The molecule has 3 rings (SSSR count). The maximum Gasteiger partial charge on any atom is 0.267 e. The van der Waals surface area contributed by atoms with Gasteiger partial charge in [0.05, 0.1) is 5.69 Å². The van der Waals surface area contributed by atoms with Crippen LogP contribution in [0.3, 0.4) is 0 Å². The average molecular weight is 274 g/mol. The molecule has 0 aromatic carbocycles. The molecule has 20 heavy (non-hydrogen) atoms. The largest absolute Gasteiger partial charge is 0.360 e. The zero-order chi connectivity index (χ0) is 14.1. The average Bonchev–Trinajstić information content (AvgIpc) is 3.17. The summed E-state index contributed by atoms with van der Waals surface area (Å²) >= 11 is 0. The first-order chi connectivity index (χ1) is 9.61. The highest BCUT2D eigenvalue weighted by atomic mass is 16.5. The topological polar surface area (TPSA) is 90.0 Å². The molecule has 1 N–H and O–H groups in total. The molecule has 1 fully saturated rings. The molecule has 0 bridgehead atoms. The van der Waals surface area contributed by atoms with E-state index < -0.39 is 0 Å². The SMILES string of the molecule is Cc1cc(NC(=O)Cn2nc(C3CC3)ccc2=O)no1. The lowest BCUT2D eigenvalue weighted by molar-refractivity contribution is -0.117. The van der Waals surface area contributed by atoms with Crippen LogP contribution in [-0.2, 0) is 11.3 Å². The molecule has 2 aromatic heterocycles.